The number of fused-ring (bicyclic) bond motifs is 1. The maximum atomic E-state index is 13.7. The Morgan fingerprint density at radius 1 is 1.20 bits per heavy atom. The molecule has 0 spiro atoms. The molecule has 0 bridgehead atoms. The maximum absolute atomic E-state index is 13.7. The van der Waals surface area contributed by atoms with E-state index in [4.69, 9.17) is 0 Å². The van der Waals surface area contributed by atoms with E-state index >= 15 is 0 Å². The van der Waals surface area contributed by atoms with Crippen LogP contribution in [0.15, 0.2) is 42.5 Å². The van der Waals surface area contributed by atoms with Crippen LogP contribution >= 0.6 is 0 Å². The van der Waals surface area contributed by atoms with E-state index in [1.807, 2.05) is 25.1 Å². The molecule has 25 heavy (non-hydrogen) atoms. The number of Topliss-reactive ketones (excluding diaryl/α,β-unsaturated/α-hetero) is 1. The van der Waals surface area contributed by atoms with E-state index in [1.54, 1.807) is 30.1 Å². The van der Waals surface area contributed by atoms with Gasteiger partial charge in [0.15, 0.2) is 5.78 Å². The number of benzene rings is 2. The second-order valence-electron chi connectivity index (χ2n) is 6.20. The van der Waals surface area contributed by atoms with E-state index in [1.165, 1.54) is 13.0 Å². The summed E-state index contributed by atoms with van der Waals surface area (Å²) in [6.45, 7) is 3.68. The summed E-state index contributed by atoms with van der Waals surface area (Å²) in [6, 6.07) is 12.0. The van der Waals surface area contributed by atoms with Gasteiger partial charge < -0.3 is 4.90 Å². The van der Waals surface area contributed by atoms with Crippen molar-refractivity contribution in [3.8, 4) is 0 Å². The summed E-state index contributed by atoms with van der Waals surface area (Å²) >= 11 is 0. The predicted molar refractivity (Wildman–Crippen MR) is 94.8 cm³/mol. The van der Waals surface area contributed by atoms with Gasteiger partial charge in [0, 0.05) is 42.4 Å². The van der Waals surface area contributed by atoms with Crippen LogP contribution < -0.4 is 4.90 Å². The van der Waals surface area contributed by atoms with Gasteiger partial charge >= 0.3 is 0 Å². The maximum Gasteiger partial charge on any atom is 0.276 e. The van der Waals surface area contributed by atoms with Gasteiger partial charge in [0.2, 0.25) is 0 Å². The van der Waals surface area contributed by atoms with Crippen molar-refractivity contribution in [1.82, 2.24) is 0 Å². The summed E-state index contributed by atoms with van der Waals surface area (Å²) in [5, 5.41) is 0. The molecule has 0 radical (unpaired) electrons. The van der Waals surface area contributed by atoms with Crippen LogP contribution in [0.25, 0.3) is 0 Å². The number of hydrogen-bond donors (Lipinski definition) is 0. The zero-order chi connectivity index (χ0) is 18.6. The van der Waals surface area contributed by atoms with Gasteiger partial charge in [0.25, 0.3) is 5.92 Å². The molecule has 2 aromatic carbocycles. The monoisotopic (exact) mass is 345 g/mol. The Morgan fingerprint density at radius 3 is 2.48 bits per heavy atom. The van der Waals surface area contributed by atoms with Crippen molar-refractivity contribution in [1.29, 1.82) is 0 Å². The largest absolute Gasteiger partial charge is 0.374 e. The van der Waals surface area contributed by atoms with Gasteiger partial charge in [-0.1, -0.05) is 23.8 Å². The lowest BCUT2D eigenvalue weighted by Crippen LogP contribution is -2.33. The molecule has 0 atom stereocenters. The Kier molecular flexibility index (Phi) is 5.67. The van der Waals surface area contributed by atoms with Crippen molar-refractivity contribution in [2.24, 2.45) is 0 Å². The van der Waals surface area contributed by atoms with Crippen LogP contribution in [0.1, 0.15) is 45.2 Å². The molecule has 0 amide bonds. The lowest BCUT2D eigenvalue weighted by atomic mass is 9.95. The zero-order valence-electron chi connectivity index (χ0n) is 14.6. The summed E-state index contributed by atoms with van der Waals surface area (Å²) in [6.07, 6.45) is 0.658. The van der Waals surface area contributed by atoms with Crippen LogP contribution in [0.2, 0.25) is 0 Å². The molecule has 2 aromatic rings. The number of ketones is 1. The number of aryl methyl sites for hydroxylation is 1. The standard InChI is InChI=1S/C12H13F2NO.C8H8O/c1-8(16)9-3-4-11-10(7-9)12(13,14)5-6-15(11)2;1-7-3-2-4-8(5-7)6-9/h3-4,7H,5-6H2,1-2H3;2-6H,1H3. The summed E-state index contributed by atoms with van der Waals surface area (Å²) in [5.74, 6) is -3.01. The number of carbonyl (C=O) groups excluding carboxylic acids is 2. The van der Waals surface area contributed by atoms with Crippen molar-refractivity contribution in [3.05, 3.63) is 64.7 Å². The molecular weight excluding hydrogens is 324 g/mol. The number of rotatable bonds is 2. The number of aldehydes is 1. The van der Waals surface area contributed by atoms with E-state index in [0.717, 1.165) is 17.4 Å². The molecule has 0 aliphatic carbocycles. The topological polar surface area (TPSA) is 37.4 Å². The fourth-order valence-corrected chi connectivity index (χ4v) is 2.69. The molecule has 0 aromatic heterocycles. The molecule has 0 unspecified atom stereocenters. The number of anilines is 1. The van der Waals surface area contributed by atoms with Gasteiger partial charge in [-0.15, -0.1) is 0 Å². The normalized spacial score (nSPS) is 14.8. The molecule has 0 N–H and O–H groups in total. The van der Waals surface area contributed by atoms with Gasteiger partial charge in [0.1, 0.15) is 6.29 Å². The van der Waals surface area contributed by atoms with E-state index in [-0.39, 0.29) is 17.8 Å². The quantitative estimate of drug-likeness (QED) is 0.588. The summed E-state index contributed by atoms with van der Waals surface area (Å²) in [5.41, 5.74) is 2.69. The fourth-order valence-electron chi connectivity index (χ4n) is 2.69. The summed E-state index contributed by atoms with van der Waals surface area (Å²) in [4.78, 5) is 23.1. The molecule has 3 rings (SSSR count). The number of alkyl halides is 2. The molecule has 0 saturated carbocycles. The summed E-state index contributed by atoms with van der Waals surface area (Å²) < 4.78 is 27.4. The van der Waals surface area contributed by atoms with Crippen LogP contribution in [-0.2, 0) is 5.92 Å². The van der Waals surface area contributed by atoms with Gasteiger partial charge in [-0.3, -0.25) is 9.59 Å². The molecule has 132 valence electrons. The van der Waals surface area contributed by atoms with Gasteiger partial charge in [-0.05, 0) is 38.1 Å². The SMILES string of the molecule is CC(=O)c1ccc2c(c1)C(F)(F)CCN2C.Cc1cccc(C=O)c1. The lowest BCUT2D eigenvalue weighted by Gasteiger charge is -2.33. The lowest BCUT2D eigenvalue weighted by molar-refractivity contribution is -0.0147. The number of halogens is 2. The highest BCUT2D eigenvalue weighted by molar-refractivity contribution is 5.94. The molecular formula is C20H21F2NO2. The molecule has 1 aliphatic heterocycles. The Balaban J connectivity index is 0.000000212. The van der Waals surface area contributed by atoms with Gasteiger partial charge in [-0.2, -0.15) is 0 Å². The first-order valence-corrected chi connectivity index (χ1v) is 8.01. The molecule has 1 heterocycles. The van der Waals surface area contributed by atoms with Crippen molar-refractivity contribution >= 4 is 17.8 Å². The van der Waals surface area contributed by atoms with Crippen molar-refractivity contribution in [2.45, 2.75) is 26.2 Å². The first kappa shape index (κ1) is 18.8. The van der Waals surface area contributed by atoms with E-state index < -0.39 is 5.92 Å². The average Bonchev–Trinajstić information content (AvgIpc) is 2.59. The Bertz CT molecular complexity index is 787. The zero-order valence-corrected chi connectivity index (χ0v) is 14.6. The second kappa shape index (κ2) is 7.55. The molecule has 3 nitrogen and oxygen atoms in total. The Morgan fingerprint density at radius 2 is 1.92 bits per heavy atom. The smallest absolute Gasteiger partial charge is 0.276 e. The van der Waals surface area contributed by atoms with E-state index in [0.29, 0.717) is 17.8 Å². The van der Waals surface area contributed by atoms with Gasteiger partial charge in [-0.25, -0.2) is 8.78 Å². The second-order valence-corrected chi connectivity index (χ2v) is 6.20. The van der Waals surface area contributed by atoms with Crippen molar-refractivity contribution < 1.29 is 18.4 Å². The first-order valence-electron chi connectivity index (χ1n) is 8.01. The van der Waals surface area contributed by atoms with E-state index in [9.17, 15) is 18.4 Å². The number of carbonyl (C=O) groups is 2. The van der Waals surface area contributed by atoms with Crippen LogP contribution in [0, 0.1) is 6.92 Å². The molecule has 0 fully saturated rings. The molecule has 5 heteroatoms. The third-order valence-corrected chi connectivity index (χ3v) is 4.15. The fraction of sp³-hybridized carbons (Fsp3) is 0.300. The molecule has 1 aliphatic rings. The third kappa shape index (κ3) is 4.50. The van der Waals surface area contributed by atoms with Gasteiger partial charge in [0.05, 0.1) is 0 Å². The van der Waals surface area contributed by atoms with Crippen LogP contribution in [-0.4, -0.2) is 25.7 Å². The third-order valence-electron chi connectivity index (χ3n) is 4.15. The van der Waals surface area contributed by atoms with Crippen molar-refractivity contribution in [2.75, 3.05) is 18.5 Å². The van der Waals surface area contributed by atoms with Crippen LogP contribution in [0.3, 0.4) is 0 Å². The predicted octanol–water partition coefficient (Wildman–Crippen LogP) is 4.63. The highest BCUT2D eigenvalue weighted by atomic mass is 19.3. The average molecular weight is 345 g/mol. The highest BCUT2D eigenvalue weighted by Crippen LogP contribution is 2.42. The minimum atomic E-state index is -2.83. The Labute approximate surface area is 146 Å². The highest BCUT2D eigenvalue weighted by Gasteiger charge is 2.38. The first-order chi connectivity index (χ1) is 11.7. The summed E-state index contributed by atoms with van der Waals surface area (Å²) in [7, 11) is 1.78. The molecule has 0 saturated heterocycles. The van der Waals surface area contributed by atoms with Crippen LogP contribution in [0.4, 0.5) is 14.5 Å². The Hall–Kier alpha value is -2.56. The van der Waals surface area contributed by atoms with Crippen molar-refractivity contribution in [3.63, 3.8) is 0 Å². The van der Waals surface area contributed by atoms with E-state index in [2.05, 4.69) is 0 Å². The minimum Gasteiger partial charge on any atom is -0.374 e. The van der Waals surface area contributed by atoms with Crippen LogP contribution in [0.5, 0.6) is 0 Å². The minimum absolute atomic E-state index is 0.0334. The number of nitrogens with zero attached hydrogens (tertiary/aromatic N) is 1. The number of hydrogen-bond acceptors (Lipinski definition) is 3.